The molecule has 2 aliphatic rings. The number of hydrogen-bond acceptors (Lipinski definition) is 3. The van der Waals surface area contributed by atoms with Crippen LogP contribution in [0, 0.1) is 11.8 Å². The van der Waals surface area contributed by atoms with E-state index in [0.29, 0.717) is 19.1 Å². The second kappa shape index (κ2) is 6.45. The van der Waals surface area contributed by atoms with Gasteiger partial charge in [-0.1, -0.05) is 31.4 Å². The van der Waals surface area contributed by atoms with E-state index in [9.17, 15) is 0 Å². The molecule has 1 aromatic rings. The molecule has 3 rings (SSSR count). The summed E-state index contributed by atoms with van der Waals surface area (Å²) in [5.41, 5.74) is 1.14. The molecule has 0 bridgehead atoms. The third kappa shape index (κ3) is 3.00. The summed E-state index contributed by atoms with van der Waals surface area (Å²) in [6.07, 6.45) is 4.80. The molecule has 0 amide bonds. The van der Waals surface area contributed by atoms with Gasteiger partial charge in [0.15, 0.2) is 11.5 Å². The predicted molar refractivity (Wildman–Crippen MR) is 85.4 cm³/mol. The van der Waals surface area contributed by atoms with Gasteiger partial charge in [0.1, 0.15) is 0 Å². The van der Waals surface area contributed by atoms with E-state index in [4.69, 9.17) is 21.1 Å². The van der Waals surface area contributed by atoms with Gasteiger partial charge in [-0.3, -0.25) is 0 Å². The summed E-state index contributed by atoms with van der Waals surface area (Å²) in [6.45, 7) is 3.74. The topological polar surface area (TPSA) is 30.5 Å². The van der Waals surface area contributed by atoms with Crippen LogP contribution in [0.2, 0.25) is 5.02 Å². The quantitative estimate of drug-likeness (QED) is 0.908. The molecular formula is C17H24ClNO2. The fourth-order valence-electron chi connectivity index (χ4n) is 3.71. The van der Waals surface area contributed by atoms with Crippen molar-refractivity contribution < 1.29 is 9.47 Å². The molecule has 3 atom stereocenters. The van der Waals surface area contributed by atoms with Crippen LogP contribution in [0.4, 0.5) is 0 Å². The maximum atomic E-state index is 6.54. The van der Waals surface area contributed by atoms with Crippen molar-refractivity contribution >= 4 is 11.6 Å². The van der Waals surface area contributed by atoms with Gasteiger partial charge in [-0.05, 0) is 36.9 Å². The van der Waals surface area contributed by atoms with Crippen LogP contribution in [0.5, 0.6) is 11.5 Å². The van der Waals surface area contributed by atoms with Crippen molar-refractivity contribution in [3.8, 4) is 11.5 Å². The van der Waals surface area contributed by atoms with Gasteiger partial charge in [0, 0.05) is 23.6 Å². The Bertz CT molecular complexity index is 506. The Balaban J connectivity index is 1.94. The summed E-state index contributed by atoms with van der Waals surface area (Å²) < 4.78 is 11.5. The van der Waals surface area contributed by atoms with Crippen molar-refractivity contribution in [2.45, 2.75) is 38.6 Å². The van der Waals surface area contributed by atoms with Gasteiger partial charge in [-0.2, -0.15) is 0 Å². The molecule has 3 unspecified atom stereocenters. The number of benzene rings is 1. The lowest BCUT2D eigenvalue weighted by atomic mass is 9.86. The van der Waals surface area contributed by atoms with Gasteiger partial charge in [0.25, 0.3) is 0 Å². The SMILES string of the molecule is CNC(c1cc2c(cc1Cl)OCCCO2)C1CCCC1C. The second-order valence-corrected chi connectivity index (χ2v) is 6.62. The van der Waals surface area contributed by atoms with Gasteiger partial charge in [-0.25, -0.2) is 0 Å². The Morgan fingerprint density at radius 3 is 2.48 bits per heavy atom. The van der Waals surface area contributed by atoms with E-state index in [1.165, 1.54) is 19.3 Å². The molecule has 1 saturated carbocycles. The molecule has 1 fully saturated rings. The minimum atomic E-state index is 0.284. The Labute approximate surface area is 132 Å². The van der Waals surface area contributed by atoms with Crippen LogP contribution in [0.25, 0.3) is 0 Å². The first kappa shape index (κ1) is 15.0. The highest BCUT2D eigenvalue weighted by atomic mass is 35.5. The average Bonchev–Trinajstić information content (AvgIpc) is 2.76. The zero-order valence-corrected chi connectivity index (χ0v) is 13.6. The lowest BCUT2D eigenvalue weighted by Crippen LogP contribution is -2.27. The molecule has 4 heteroatoms. The van der Waals surface area contributed by atoms with Crippen LogP contribution >= 0.6 is 11.6 Å². The Kier molecular flexibility index (Phi) is 4.60. The molecule has 1 N–H and O–H groups in total. The molecule has 21 heavy (non-hydrogen) atoms. The second-order valence-electron chi connectivity index (χ2n) is 6.21. The van der Waals surface area contributed by atoms with Crippen LogP contribution in [0.3, 0.4) is 0 Å². The normalized spacial score (nSPS) is 26.4. The summed E-state index contributed by atoms with van der Waals surface area (Å²) in [4.78, 5) is 0. The van der Waals surface area contributed by atoms with Crippen LogP contribution < -0.4 is 14.8 Å². The van der Waals surface area contributed by atoms with E-state index in [1.54, 1.807) is 0 Å². The van der Waals surface area contributed by atoms with Gasteiger partial charge >= 0.3 is 0 Å². The highest BCUT2D eigenvalue weighted by molar-refractivity contribution is 6.31. The van der Waals surface area contributed by atoms with Crippen molar-refractivity contribution in [1.82, 2.24) is 5.32 Å². The number of hydrogen-bond donors (Lipinski definition) is 1. The van der Waals surface area contributed by atoms with E-state index in [0.717, 1.165) is 34.4 Å². The standard InChI is InChI=1S/C17H24ClNO2/c1-11-5-3-6-12(11)17(19-2)13-9-15-16(10-14(13)18)21-8-4-7-20-15/h9-12,17,19H,3-8H2,1-2H3. The van der Waals surface area contributed by atoms with Crippen LogP contribution in [-0.4, -0.2) is 20.3 Å². The molecular weight excluding hydrogens is 286 g/mol. The molecule has 3 nitrogen and oxygen atoms in total. The molecule has 0 aromatic heterocycles. The molecule has 1 aliphatic carbocycles. The van der Waals surface area contributed by atoms with Crippen molar-refractivity contribution in [3.63, 3.8) is 0 Å². The summed E-state index contributed by atoms with van der Waals surface area (Å²) in [6, 6.07) is 4.28. The maximum Gasteiger partial charge on any atom is 0.162 e. The number of halogens is 1. The highest BCUT2D eigenvalue weighted by Crippen LogP contribution is 2.44. The van der Waals surface area contributed by atoms with Crippen LogP contribution in [-0.2, 0) is 0 Å². The van der Waals surface area contributed by atoms with E-state index in [2.05, 4.69) is 18.3 Å². The zero-order chi connectivity index (χ0) is 14.8. The third-order valence-electron chi connectivity index (χ3n) is 4.87. The zero-order valence-electron chi connectivity index (χ0n) is 12.8. The fraction of sp³-hybridized carbons (Fsp3) is 0.647. The summed E-state index contributed by atoms with van der Waals surface area (Å²) in [7, 11) is 2.02. The lowest BCUT2D eigenvalue weighted by Gasteiger charge is -2.28. The van der Waals surface area contributed by atoms with Gasteiger partial charge < -0.3 is 14.8 Å². The number of rotatable bonds is 3. The van der Waals surface area contributed by atoms with E-state index in [-0.39, 0.29) is 6.04 Å². The third-order valence-corrected chi connectivity index (χ3v) is 5.20. The smallest absolute Gasteiger partial charge is 0.162 e. The predicted octanol–water partition coefficient (Wildman–Crippen LogP) is 4.20. The van der Waals surface area contributed by atoms with E-state index >= 15 is 0 Å². The molecule has 1 aromatic carbocycles. The highest BCUT2D eigenvalue weighted by Gasteiger charge is 2.32. The molecule has 0 saturated heterocycles. The largest absolute Gasteiger partial charge is 0.490 e. The minimum absolute atomic E-state index is 0.284. The number of nitrogens with one attached hydrogen (secondary N) is 1. The Hall–Kier alpha value is -0.930. The van der Waals surface area contributed by atoms with Gasteiger partial charge in [0.2, 0.25) is 0 Å². The minimum Gasteiger partial charge on any atom is -0.490 e. The van der Waals surface area contributed by atoms with E-state index in [1.807, 2.05) is 13.1 Å². The molecule has 116 valence electrons. The summed E-state index contributed by atoms with van der Waals surface area (Å²) in [5.74, 6) is 2.97. The van der Waals surface area contributed by atoms with Crippen molar-refractivity contribution in [2.24, 2.45) is 11.8 Å². The van der Waals surface area contributed by atoms with Crippen molar-refractivity contribution in [2.75, 3.05) is 20.3 Å². The average molecular weight is 310 g/mol. The molecule has 0 radical (unpaired) electrons. The monoisotopic (exact) mass is 309 g/mol. The lowest BCUT2D eigenvalue weighted by molar-refractivity contribution is 0.296. The first-order chi connectivity index (χ1) is 10.2. The Morgan fingerprint density at radius 1 is 1.14 bits per heavy atom. The summed E-state index contributed by atoms with van der Waals surface area (Å²) in [5, 5.41) is 4.25. The molecule has 0 spiro atoms. The van der Waals surface area contributed by atoms with Crippen molar-refractivity contribution in [3.05, 3.63) is 22.7 Å². The first-order valence-corrected chi connectivity index (χ1v) is 8.35. The Morgan fingerprint density at radius 2 is 1.86 bits per heavy atom. The molecule has 1 aliphatic heterocycles. The van der Waals surface area contributed by atoms with Crippen molar-refractivity contribution in [1.29, 1.82) is 0 Å². The van der Waals surface area contributed by atoms with Gasteiger partial charge in [-0.15, -0.1) is 0 Å². The first-order valence-electron chi connectivity index (χ1n) is 7.97. The number of ether oxygens (including phenoxy) is 2. The fourth-order valence-corrected chi connectivity index (χ4v) is 3.98. The molecule has 1 heterocycles. The summed E-state index contributed by atoms with van der Waals surface area (Å²) >= 11 is 6.54. The number of fused-ring (bicyclic) bond motifs is 1. The van der Waals surface area contributed by atoms with Crippen LogP contribution in [0.15, 0.2) is 12.1 Å². The maximum absolute atomic E-state index is 6.54. The van der Waals surface area contributed by atoms with E-state index < -0.39 is 0 Å². The van der Waals surface area contributed by atoms with Gasteiger partial charge in [0.05, 0.1) is 13.2 Å². The van der Waals surface area contributed by atoms with Crippen LogP contribution in [0.1, 0.15) is 44.2 Å².